The van der Waals surface area contributed by atoms with Crippen molar-refractivity contribution >= 4 is 6.03 Å². The van der Waals surface area contributed by atoms with E-state index in [1.54, 1.807) is 0 Å². The van der Waals surface area contributed by atoms with E-state index in [0.29, 0.717) is 18.1 Å². The molecule has 0 atom stereocenters. The Labute approximate surface area is 142 Å². The molecule has 2 N–H and O–H groups in total. The smallest absolute Gasteiger partial charge is 0.315 e. The van der Waals surface area contributed by atoms with Gasteiger partial charge in [0, 0.05) is 12.5 Å². The maximum atomic E-state index is 12.0. The predicted octanol–water partition coefficient (Wildman–Crippen LogP) is 3.18. The molecule has 0 saturated heterocycles. The Balaban J connectivity index is 1.44. The van der Waals surface area contributed by atoms with Crippen LogP contribution in [0.3, 0.4) is 0 Å². The summed E-state index contributed by atoms with van der Waals surface area (Å²) in [4.78, 5) is 16.3. The third-order valence-corrected chi connectivity index (χ3v) is 4.31. The lowest BCUT2D eigenvalue weighted by Crippen LogP contribution is -2.41. The molecule has 2 aromatic rings. The van der Waals surface area contributed by atoms with E-state index in [9.17, 15) is 4.79 Å². The molecule has 0 spiro atoms. The first-order chi connectivity index (χ1) is 11.8. The van der Waals surface area contributed by atoms with Gasteiger partial charge in [0.25, 0.3) is 0 Å². The van der Waals surface area contributed by atoms with Crippen molar-refractivity contribution in [3.05, 3.63) is 47.6 Å². The summed E-state index contributed by atoms with van der Waals surface area (Å²) < 4.78 is 5.19. The van der Waals surface area contributed by atoms with Crippen LogP contribution in [-0.4, -0.2) is 22.2 Å². The highest BCUT2D eigenvalue weighted by Gasteiger charge is 2.15. The van der Waals surface area contributed by atoms with E-state index in [4.69, 9.17) is 4.52 Å². The predicted molar refractivity (Wildman–Crippen MR) is 90.4 cm³/mol. The summed E-state index contributed by atoms with van der Waals surface area (Å²) in [6.45, 7) is 0.250. The van der Waals surface area contributed by atoms with Crippen molar-refractivity contribution in [2.24, 2.45) is 0 Å². The number of carbonyl (C=O) groups is 1. The summed E-state index contributed by atoms with van der Waals surface area (Å²) in [7, 11) is 0. The van der Waals surface area contributed by atoms with Gasteiger partial charge in [0.15, 0.2) is 5.82 Å². The van der Waals surface area contributed by atoms with Crippen LogP contribution in [0.1, 0.15) is 55.8 Å². The third kappa shape index (κ3) is 5.08. The number of carbonyl (C=O) groups excluding carboxylic acids is 1. The molecule has 6 heteroatoms. The molecule has 0 aliphatic heterocycles. The van der Waals surface area contributed by atoms with Crippen LogP contribution in [0, 0.1) is 0 Å². The van der Waals surface area contributed by atoms with Gasteiger partial charge in [-0.1, -0.05) is 61.2 Å². The SMILES string of the molecule is O=C(NCc1nc(Cc2ccccc2)no1)NC1CCCCCC1. The highest BCUT2D eigenvalue weighted by molar-refractivity contribution is 5.74. The zero-order valence-electron chi connectivity index (χ0n) is 13.8. The molecule has 0 unspecified atom stereocenters. The van der Waals surface area contributed by atoms with Crippen molar-refractivity contribution in [1.82, 2.24) is 20.8 Å². The number of benzene rings is 1. The first-order valence-corrected chi connectivity index (χ1v) is 8.69. The van der Waals surface area contributed by atoms with Crippen molar-refractivity contribution in [2.75, 3.05) is 0 Å². The van der Waals surface area contributed by atoms with Crippen LogP contribution in [-0.2, 0) is 13.0 Å². The number of aromatic nitrogens is 2. The number of nitrogens with zero attached hydrogens (tertiary/aromatic N) is 2. The zero-order valence-corrected chi connectivity index (χ0v) is 13.8. The van der Waals surface area contributed by atoms with E-state index in [-0.39, 0.29) is 18.6 Å². The maximum Gasteiger partial charge on any atom is 0.315 e. The van der Waals surface area contributed by atoms with Gasteiger partial charge in [-0.05, 0) is 18.4 Å². The Kier molecular flexibility index (Phi) is 5.82. The van der Waals surface area contributed by atoms with Crippen LogP contribution in [0.25, 0.3) is 0 Å². The highest BCUT2D eigenvalue weighted by atomic mass is 16.5. The summed E-state index contributed by atoms with van der Waals surface area (Å²) in [5.41, 5.74) is 1.13. The Morgan fingerprint density at radius 1 is 1.12 bits per heavy atom. The van der Waals surface area contributed by atoms with Crippen molar-refractivity contribution in [1.29, 1.82) is 0 Å². The minimum absolute atomic E-state index is 0.162. The fraction of sp³-hybridized carbons (Fsp3) is 0.500. The zero-order chi connectivity index (χ0) is 16.6. The number of nitrogens with one attached hydrogen (secondary N) is 2. The molecule has 1 aromatic carbocycles. The Morgan fingerprint density at radius 3 is 2.62 bits per heavy atom. The maximum absolute atomic E-state index is 12.0. The van der Waals surface area contributed by atoms with Gasteiger partial charge < -0.3 is 15.2 Å². The average Bonchev–Trinajstić information content (AvgIpc) is 2.88. The monoisotopic (exact) mass is 328 g/mol. The standard InChI is InChI=1S/C18H24N4O2/c23-18(20-15-10-6-1-2-7-11-15)19-13-17-21-16(22-24-17)12-14-8-4-3-5-9-14/h3-5,8-9,15H,1-2,6-7,10-13H2,(H2,19,20,23). The first-order valence-electron chi connectivity index (χ1n) is 8.69. The summed E-state index contributed by atoms with van der Waals surface area (Å²) in [5.74, 6) is 1.05. The van der Waals surface area contributed by atoms with Gasteiger partial charge in [-0.25, -0.2) is 4.79 Å². The van der Waals surface area contributed by atoms with Gasteiger partial charge >= 0.3 is 6.03 Å². The molecular formula is C18H24N4O2. The second-order valence-electron chi connectivity index (χ2n) is 6.28. The summed E-state index contributed by atoms with van der Waals surface area (Å²) in [6.07, 6.45) is 7.68. The lowest BCUT2D eigenvalue weighted by Gasteiger charge is -2.16. The van der Waals surface area contributed by atoms with E-state index in [1.807, 2.05) is 30.3 Å². The van der Waals surface area contributed by atoms with E-state index in [1.165, 1.54) is 25.7 Å². The number of amides is 2. The summed E-state index contributed by atoms with van der Waals surface area (Å²) >= 11 is 0. The van der Waals surface area contributed by atoms with Crippen molar-refractivity contribution in [3.63, 3.8) is 0 Å². The van der Waals surface area contributed by atoms with Gasteiger partial charge in [0.2, 0.25) is 5.89 Å². The van der Waals surface area contributed by atoms with Gasteiger partial charge in [-0.3, -0.25) is 0 Å². The molecule has 1 heterocycles. The largest absolute Gasteiger partial charge is 0.337 e. The van der Waals surface area contributed by atoms with Gasteiger partial charge in [-0.15, -0.1) is 0 Å². The summed E-state index contributed by atoms with van der Waals surface area (Å²) in [5, 5.41) is 9.79. The van der Waals surface area contributed by atoms with E-state index < -0.39 is 0 Å². The van der Waals surface area contributed by atoms with Gasteiger partial charge in [0.05, 0.1) is 6.54 Å². The van der Waals surface area contributed by atoms with Crippen molar-refractivity contribution in [2.45, 2.75) is 57.5 Å². The average molecular weight is 328 g/mol. The van der Waals surface area contributed by atoms with Crippen LogP contribution in [0.15, 0.2) is 34.9 Å². The highest BCUT2D eigenvalue weighted by Crippen LogP contribution is 2.17. The molecule has 6 nitrogen and oxygen atoms in total. The quantitative estimate of drug-likeness (QED) is 0.826. The summed E-state index contributed by atoms with van der Waals surface area (Å²) in [6, 6.07) is 10.1. The fourth-order valence-corrected chi connectivity index (χ4v) is 3.03. The number of urea groups is 1. The van der Waals surface area contributed by atoms with E-state index >= 15 is 0 Å². The second kappa shape index (κ2) is 8.47. The molecule has 0 radical (unpaired) electrons. The minimum Gasteiger partial charge on any atom is -0.337 e. The molecular weight excluding hydrogens is 304 g/mol. The topological polar surface area (TPSA) is 80.1 Å². The van der Waals surface area contributed by atoms with Crippen molar-refractivity contribution < 1.29 is 9.32 Å². The second-order valence-corrected chi connectivity index (χ2v) is 6.28. The molecule has 1 aromatic heterocycles. The molecule has 3 rings (SSSR count). The van der Waals surface area contributed by atoms with E-state index in [0.717, 1.165) is 18.4 Å². The first kappa shape index (κ1) is 16.5. The molecule has 24 heavy (non-hydrogen) atoms. The normalized spacial score (nSPS) is 15.7. The van der Waals surface area contributed by atoms with Crippen molar-refractivity contribution in [3.8, 4) is 0 Å². The minimum atomic E-state index is -0.162. The van der Waals surface area contributed by atoms with Crippen LogP contribution >= 0.6 is 0 Å². The Morgan fingerprint density at radius 2 is 1.88 bits per heavy atom. The van der Waals surface area contributed by atoms with Crippen LogP contribution in [0.5, 0.6) is 0 Å². The molecule has 128 valence electrons. The van der Waals surface area contributed by atoms with Gasteiger partial charge in [-0.2, -0.15) is 4.98 Å². The number of hydrogen-bond acceptors (Lipinski definition) is 4. The Hall–Kier alpha value is -2.37. The Bertz CT molecular complexity index is 633. The number of rotatable bonds is 5. The van der Waals surface area contributed by atoms with E-state index in [2.05, 4.69) is 20.8 Å². The van der Waals surface area contributed by atoms with Gasteiger partial charge in [0.1, 0.15) is 0 Å². The molecule has 1 fully saturated rings. The van der Waals surface area contributed by atoms with Crippen LogP contribution in [0.4, 0.5) is 4.79 Å². The van der Waals surface area contributed by atoms with Crippen LogP contribution < -0.4 is 10.6 Å². The lowest BCUT2D eigenvalue weighted by atomic mass is 10.1. The molecule has 1 aliphatic carbocycles. The molecule has 1 saturated carbocycles. The molecule has 2 amide bonds. The van der Waals surface area contributed by atoms with Crippen LogP contribution in [0.2, 0.25) is 0 Å². The molecule has 0 bridgehead atoms. The molecule has 1 aliphatic rings. The fourth-order valence-electron chi connectivity index (χ4n) is 3.03. The lowest BCUT2D eigenvalue weighted by molar-refractivity contribution is 0.233. The third-order valence-electron chi connectivity index (χ3n) is 4.31. The number of hydrogen-bond donors (Lipinski definition) is 2.